The van der Waals surface area contributed by atoms with Crippen LogP contribution in [-0.4, -0.2) is 80.9 Å². The van der Waals surface area contributed by atoms with E-state index in [-0.39, 0.29) is 0 Å². The van der Waals surface area contributed by atoms with Crippen LogP contribution in [0.15, 0.2) is 17.6 Å². The zero-order valence-corrected chi connectivity index (χ0v) is 18.3. The molecule has 0 aromatic carbocycles. The van der Waals surface area contributed by atoms with Gasteiger partial charge >= 0.3 is 7.12 Å². The van der Waals surface area contributed by atoms with Gasteiger partial charge < -0.3 is 24.4 Å². The smallest absolute Gasteiger partial charge is 0.399 e. The fourth-order valence-corrected chi connectivity index (χ4v) is 4.30. The standard InChI is InChI=1S/C19H30BN3O5S/c1-18(2)19(3,4)28-20(27-18)14-8-21-17(22-9-14)29-12-13-6-5-7-23(10-13)16(26)15(25)11-24/h8-9,13,15,24-25H,5-7,10-12H2,1-4H3. The molecule has 0 bridgehead atoms. The van der Waals surface area contributed by atoms with Crippen molar-refractivity contribution in [3.05, 3.63) is 12.4 Å². The number of amides is 1. The van der Waals surface area contributed by atoms with Gasteiger partial charge in [-0.25, -0.2) is 9.97 Å². The molecular weight excluding hydrogens is 393 g/mol. The average molecular weight is 423 g/mol. The molecule has 29 heavy (non-hydrogen) atoms. The Morgan fingerprint density at radius 3 is 2.52 bits per heavy atom. The van der Waals surface area contributed by atoms with Crippen LogP contribution in [0.5, 0.6) is 0 Å². The topological polar surface area (TPSA) is 105 Å². The summed E-state index contributed by atoms with van der Waals surface area (Å²) in [5.41, 5.74) is -0.0155. The van der Waals surface area contributed by atoms with E-state index in [0.29, 0.717) is 24.2 Å². The summed E-state index contributed by atoms with van der Waals surface area (Å²) >= 11 is 1.55. The van der Waals surface area contributed by atoms with E-state index in [2.05, 4.69) is 9.97 Å². The second-order valence-corrected chi connectivity index (χ2v) is 9.68. The molecule has 0 spiro atoms. The number of aromatic nitrogens is 2. The third kappa shape index (κ3) is 5.11. The third-order valence-electron chi connectivity index (χ3n) is 5.91. The fourth-order valence-electron chi connectivity index (χ4n) is 3.38. The number of carbonyl (C=O) groups is 1. The van der Waals surface area contributed by atoms with Crippen molar-refractivity contribution in [3.8, 4) is 0 Å². The monoisotopic (exact) mass is 423 g/mol. The highest BCUT2D eigenvalue weighted by Gasteiger charge is 2.51. The van der Waals surface area contributed by atoms with Crippen LogP contribution in [0, 0.1) is 5.92 Å². The number of carbonyl (C=O) groups excluding carboxylic acids is 1. The first-order chi connectivity index (χ1) is 13.6. The van der Waals surface area contributed by atoms with Gasteiger partial charge in [-0.1, -0.05) is 11.8 Å². The van der Waals surface area contributed by atoms with E-state index in [4.69, 9.17) is 14.4 Å². The van der Waals surface area contributed by atoms with E-state index in [1.165, 1.54) is 0 Å². The van der Waals surface area contributed by atoms with E-state index in [0.717, 1.165) is 24.1 Å². The first kappa shape index (κ1) is 22.5. The predicted molar refractivity (Wildman–Crippen MR) is 111 cm³/mol. The van der Waals surface area contributed by atoms with E-state index in [1.54, 1.807) is 29.1 Å². The number of aliphatic hydroxyl groups excluding tert-OH is 2. The lowest BCUT2D eigenvalue weighted by atomic mass is 9.81. The molecule has 2 N–H and O–H groups in total. The summed E-state index contributed by atoms with van der Waals surface area (Å²) in [6.45, 7) is 8.69. The zero-order chi connectivity index (χ0) is 21.2. The molecular formula is C19H30BN3O5S. The maximum Gasteiger partial charge on any atom is 0.498 e. The number of rotatable bonds is 6. The first-order valence-corrected chi connectivity index (χ1v) is 11.0. The summed E-state index contributed by atoms with van der Waals surface area (Å²) in [5, 5.41) is 19.2. The van der Waals surface area contributed by atoms with Gasteiger partial charge in [-0.3, -0.25) is 4.79 Å². The van der Waals surface area contributed by atoms with Gasteiger partial charge in [0, 0.05) is 36.7 Å². The summed E-state index contributed by atoms with van der Waals surface area (Å²) in [5.74, 6) is 0.689. The predicted octanol–water partition coefficient (Wildman–Crippen LogP) is 0.460. The molecule has 0 saturated carbocycles. The number of piperidine rings is 1. The second-order valence-electron chi connectivity index (χ2n) is 8.69. The van der Waals surface area contributed by atoms with E-state index >= 15 is 0 Å². The van der Waals surface area contributed by atoms with Crippen molar-refractivity contribution in [1.29, 1.82) is 0 Å². The summed E-state index contributed by atoms with van der Waals surface area (Å²) in [6, 6.07) is 0. The lowest BCUT2D eigenvalue weighted by Gasteiger charge is -2.33. The Morgan fingerprint density at radius 2 is 1.93 bits per heavy atom. The number of likely N-dealkylation sites (tertiary alicyclic amines) is 1. The van der Waals surface area contributed by atoms with Crippen molar-refractivity contribution in [2.45, 2.75) is 63.0 Å². The van der Waals surface area contributed by atoms with Crippen molar-refractivity contribution in [2.75, 3.05) is 25.4 Å². The molecule has 2 aliphatic heterocycles. The summed E-state index contributed by atoms with van der Waals surface area (Å²) in [6.07, 6.45) is 4.05. The Balaban J connectivity index is 1.52. The highest BCUT2D eigenvalue weighted by atomic mass is 32.2. The van der Waals surface area contributed by atoms with Crippen LogP contribution in [0.4, 0.5) is 0 Å². The van der Waals surface area contributed by atoms with Crippen LogP contribution in [0.1, 0.15) is 40.5 Å². The van der Waals surface area contributed by atoms with Crippen LogP contribution in [0.3, 0.4) is 0 Å². The average Bonchev–Trinajstić information content (AvgIpc) is 2.93. The van der Waals surface area contributed by atoms with Gasteiger partial charge in [0.05, 0.1) is 17.8 Å². The van der Waals surface area contributed by atoms with E-state index < -0.39 is 36.9 Å². The van der Waals surface area contributed by atoms with Crippen molar-refractivity contribution in [1.82, 2.24) is 14.9 Å². The number of nitrogens with zero attached hydrogens (tertiary/aromatic N) is 3. The minimum Gasteiger partial charge on any atom is -0.399 e. The number of hydrogen-bond acceptors (Lipinski definition) is 8. The molecule has 160 valence electrons. The lowest BCUT2D eigenvalue weighted by Crippen LogP contribution is -2.46. The molecule has 1 aromatic heterocycles. The van der Waals surface area contributed by atoms with Gasteiger partial charge in [0.25, 0.3) is 5.91 Å². The SMILES string of the molecule is CC1(C)OB(c2cnc(SCC3CCCN(C(=O)C(O)CO)C3)nc2)OC1(C)C. The minimum atomic E-state index is -1.33. The Labute approximate surface area is 176 Å². The van der Waals surface area contributed by atoms with Gasteiger partial charge in [-0.05, 0) is 46.5 Å². The van der Waals surface area contributed by atoms with Crippen molar-refractivity contribution >= 4 is 30.3 Å². The Hall–Kier alpha value is -1.20. The Bertz CT molecular complexity index is 702. The van der Waals surface area contributed by atoms with Crippen LogP contribution >= 0.6 is 11.8 Å². The number of aliphatic hydroxyl groups is 2. The normalized spacial score (nSPS) is 24.6. The highest BCUT2D eigenvalue weighted by molar-refractivity contribution is 7.99. The molecule has 1 aromatic rings. The Morgan fingerprint density at radius 1 is 1.31 bits per heavy atom. The van der Waals surface area contributed by atoms with Crippen LogP contribution in [0.25, 0.3) is 0 Å². The summed E-state index contributed by atoms with van der Waals surface area (Å²) in [4.78, 5) is 22.6. The molecule has 1 amide bonds. The largest absolute Gasteiger partial charge is 0.498 e. The van der Waals surface area contributed by atoms with Gasteiger partial charge in [-0.2, -0.15) is 0 Å². The maximum atomic E-state index is 12.1. The first-order valence-electron chi connectivity index (χ1n) is 10.0. The number of thioether (sulfide) groups is 1. The summed E-state index contributed by atoms with van der Waals surface area (Å²) in [7, 11) is -0.477. The molecule has 8 nitrogen and oxygen atoms in total. The molecule has 2 fully saturated rings. The van der Waals surface area contributed by atoms with Crippen molar-refractivity contribution < 1.29 is 24.3 Å². The number of hydrogen-bond donors (Lipinski definition) is 2. The van der Waals surface area contributed by atoms with Gasteiger partial charge in [0.1, 0.15) is 0 Å². The minimum absolute atomic E-state index is 0.301. The molecule has 3 heterocycles. The van der Waals surface area contributed by atoms with Crippen LogP contribution in [0.2, 0.25) is 0 Å². The maximum absolute atomic E-state index is 12.1. The second kappa shape index (κ2) is 8.89. The molecule has 0 aliphatic carbocycles. The van der Waals surface area contributed by atoms with Crippen molar-refractivity contribution in [2.24, 2.45) is 5.92 Å². The lowest BCUT2D eigenvalue weighted by molar-refractivity contribution is -0.143. The Kier molecular flexibility index (Phi) is 6.90. The quantitative estimate of drug-likeness (QED) is 0.386. The molecule has 0 radical (unpaired) electrons. The van der Waals surface area contributed by atoms with E-state index in [1.807, 2.05) is 27.7 Å². The molecule has 3 rings (SSSR count). The van der Waals surface area contributed by atoms with E-state index in [9.17, 15) is 9.90 Å². The van der Waals surface area contributed by atoms with Crippen molar-refractivity contribution in [3.63, 3.8) is 0 Å². The fraction of sp³-hybridized carbons (Fsp3) is 0.737. The molecule has 2 saturated heterocycles. The summed E-state index contributed by atoms with van der Waals surface area (Å²) < 4.78 is 12.0. The molecule has 2 atom stereocenters. The van der Waals surface area contributed by atoms with Gasteiger partial charge in [-0.15, -0.1) is 0 Å². The molecule has 10 heteroatoms. The van der Waals surface area contributed by atoms with Crippen LogP contribution in [-0.2, 0) is 14.1 Å². The molecule has 2 aliphatic rings. The third-order valence-corrected chi connectivity index (χ3v) is 7.02. The van der Waals surface area contributed by atoms with Crippen LogP contribution < -0.4 is 5.46 Å². The zero-order valence-electron chi connectivity index (χ0n) is 17.5. The van der Waals surface area contributed by atoms with Gasteiger partial charge in [0.2, 0.25) is 0 Å². The van der Waals surface area contributed by atoms with Gasteiger partial charge in [0.15, 0.2) is 11.3 Å². The highest BCUT2D eigenvalue weighted by Crippen LogP contribution is 2.36. The molecule has 2 unspecified atom stereocenters.